The van der Waals surface area contributed by atoms with Gasteiger partial charge in [-0.1, -0.05) is 35.1 Å². The largest absolute Gasteiger partial charge is 0.497 e. The molecule has 0 saturated heterocycles. The van der Waals surface area contributed by atoms with Crippen LogP contribution in [0.25, 0.3) is 10.6 Å². The van der Waals surface area contributed by atoms with Crippen molar-refractivity contribution in [3.8, 4) is 22.1 Å². The van der Waals surface area contributed by atoms with Crippen LogP contribution in [-0.2, 0) is 0 Å². The molecule has 1 amide bonds. The van der Waals surface area contributed by atoms with Crippen molar-refractivity contribution < 1.29 is 14.3 Å². The molecule has 0 unspecified atom stereocenters. The van der Waals surface area contributed by atoms with Crippen LogP contribution in [0.15, 0.2) is 42.5 Å². The zero-order chi connectivity index (χ0) is 17.8. The summed E-state index contributed by atoms with van der Waals surface area (Å²) in [5.74, 6) is 0.786. The first-order chi connectivity index (χ1) is 12.1. The van der Waals surface area contributed by atoms with Crippen LogP contribution in [0.3, 0.4) is 0 Å². The number of ether oxygens (including phenoxy) is 2. The van der Waals surface area contributed by atoms with Gasteiger partial charge in [-0.25, -0.2) is 0 Å². The first-order valence-electron chi connectivity index (χ1n) is 7.54. The Bertz CT molecular complexity index is 886. The summed E-state index contributed by atoms with van der Waals surface area (Å²) in [6.45, 7) is 2.02. The quantitative estimate of drug-likeness (QED) is 0.754. The highest BCUT2D eigenvalue weighted by molar-refractivity contribution is 7.18. The maximum absolute atomic E-state index is 12.5. The number of aromatic nitrogens is 2. The van der Waals surface area contributed by atoms with Crippen molar-refractivity contribution in [3.05, 3.63) is 53.6 Å². The molecule has 3 aromatic rings. The predicted molar refractivity (Wildman–Crippen MR) is 97.6 cm³/mol. The molecule has 0 aliphatic carbocycles. The number of benzene rings is 2. The summed E-state index contributed by atoms with van der Waals surface area (Å²) in [7, 11) is 3.07. The topological polar surface area (TPSA) is 73.3 Å². The van der Waals surface area contributed by atoms with Gasteiger partial charge in [-0.15, -0.1) is 10.2 Å². The number of amides is 1. The number of hydrogen-bond acceptors (Lipinski definition) is 6. The molecule has 1 aromatic heterocycles. The van der Waals surface area contributed by atoms with Crippen molar-refractivity contribution in [2.75, 3.05) is 19.5 Å². The number of anilines is 1. The molecule has 1 heterocycles. The fraction of sp³-hybridized carbons (Fsp3) is 0.167. The van der Waals surface area contributed by atoms with Crippen molar-refractivity contribution in [1.82, 2.24) is 10.2 Å². The van der Waals surface area contributed by atoms with E-state index in [4.69, 9.17) is 9.47 Å². The van der Waals surface area contributed by atoms with Gasteiger partial charge in [-0.2, -0.15) is 0 Å². The molecule has 7 heteroatoms. The Morgan fingerprint density at radius 2 is 1.76 bits per heavy atom. The Kier molecular flexibility index (Phi) is 4.95. The third-order valence-corrected chi connectivity index (χ3v) is 4.41. The second-order valence-corrected chi connectivity index (χ2v) is 6.31. The Balaban J connectivity index is 1.80. The lowest BCUT2D eigenvalue weighted by atomic mass is 10.1. The predicted octanol–water partition coefficient (Wildman–Crippen LogP) is 3.78. The Morgan fingerprint density at radius 1 is 1.04 bits per heavy atom. The molecule has 0 spiro atoms. The highest BCUT2D eigenvalue weighted by Crippen LogP contribution is 2.28. The van der Waals surface area contributed by atoms with Crippen LogP contribution in [0.2, 0.25) is 0 Å². The van der Waals surface area contributed by atoms with E-state index in [0.29, 0.717) is 22.2 Å². The van der Waals surface area contributed by atoms with E-state index in [-0.39, 0.29) is 5.91 Å². The van der Waals surface area contributed by atoms with Gasteiger partial charge in [-0.05, 0) is 25.1 Å². The smallest absolute Gasteiger partial charge is 0.257 e. The molecule has 2 aromatic carbocycles. The zero-order valence-electron chi connectivity index (χ0n) is 14.1. The van der Waals surface area contributed by atoms with Crippen molar-refractivity contribution in [2.24, 2.45) is 0 Å². The number of aryl methyl sites for hydroxylation is 1. The molecule has 0 saturated carbocycles. The Hall–Kier alpha value is -2.93. The summed E-state index contributed by atoms with van der Waals surface area (Å²) in [6.07, 6.45) is 0. The molecule has 6 nitrogen and oxygen atoms in total. The molecule has 0 atom stereocenters. The molecule has 128 valence electrons. The van der Waals surface area contributed by atoms with E-state index >= 15 is 0 Å². The average molecular weight is 355 g/mol. The van der Waals surface area contributed by atoms with Gasteiger partial charge >= 0.3 is 0 Å². The SMILES string of the molecule is COc1cc(OC)cc(C(=O)Nc2nnc(-c3cccc(C)c3)s2)c1. The summed E-state index contributed by atoms with van der Waals surface area (Å²) < 4.78 is 10.4. The van der Waals surface area contributed by atoms with Gasteiger partial charge in [0.1, 0.15) is 16.5 Å². The molecular formula is C18H17N3O3S. The molecule has 0 fully saturated rings. The van der Waals surface area contributed by atoms with Gasteiger partial charge in [-0.3, -0.25) is 10.1 Å². The van der Waals surface area contributed by atoms with E-state index < -0.39 is 0 Å². The van der Waals surface area contributed by atoms with Gasteiger partial charge in [0.15, 0.2) is 0 Å². The van der Waals surface area contributed by atoms with E-state index in [2.05, 4.69) is 15.5 Å². The van der Waals surface area contributed by atoms with Crippen LogP contribution < -0.4 is 14.8 Å². The average Bonchev–Trinajstić information content (AvgIpc) is 3.09. The maximum Gasteiger partial charge on any atom is 0.257 e. The van der Waals surface area contributed by atoms with Crippen LogP contribution in [0, 0.1) is 6.92 Å². The number of methoxy groups -OCH3 is 2. The zero-order valence-corrected chi connectivity index (χ0v) is 14.9. The van der Waals surface area contributed by atoms with Crippen molar-refractivity contribution in [3.63, 3.8) is 0 Å². The van der Waals surface area contributed by atoms with Crippen LogP contribution in [-0.4, -0.2) is 30.3 Å². The fourth-order valence-corrected chi connectivity index (χ4v) is 3.01. The van der Waals surface area contributed by atoms with Gasteiger partial charge in [0.2, 0.25) is 5.13 Å². The number of rotatable bonds is 5. The van der Waals surface area contributed by atoms with E-state index in [1.807, 2.05) is 31.2 Å². The van der Waals surface area contributed by atoms with Gasteiger partial charge in [0.05, 0.1) is 14.2 Å². The molecule has 0 aliphatic heterocycles. The van der Waals surface area contributed by atoms with Gasteiger partial charge in [0.25, 0.3) is 5.91 Å². The molecular weight excluding hydrogens is 338 g/mol. The minimum atomic E-state index is -0.302. The minimum Gasteiger partial charge on any atom is -0.497 e. The second-order valence-electron chi connectivity index (χ2n) is 5.34. The first-order valence-corrected chi connectivity index (χ1v) is 8.35. The number of nitrogens with one attached hydrogen (secondary N) is 1. The summed E-state index contributed by atoms with van der Waals surface area (Å²) in [5, 5.41) is 12.1. The lowest BCUT2D eigenvalue weighted by Crippen LogP contribution is -2.12. The minimum absolute atomic E-state index is 0.302. The Morgan fingerprint density at radius 3 is 2.40 bits per heavy atom. The van der Waals surface area contributed by atoms with Gasteiger partial charge < -0.3 is 9.47 Å². The molecule has 0 aliphatic rings. The van der Waals surface area contributed by atoms with Crippen molar-refractivity contribution >= 4 is 22.4 Å². The molecule has 0 radical (unpaired) electrons. The molecule has 25 heavy (non-hydrogen) atoms. The molecule has 0 bridgehead atoms. The first kappa shape index (κ1) is 16.9. The van der Waals surface area contributed by atoms with Crippen molar-refractivity contribution in [1.29, 1.82) is 0 Å². The summed E-state index contributed by atoms with van der Waals surface area (Å²) in [4.78, 5) is 12.5. The number of carbonyl (C=O) groups is 1. The van der Waals surface area contributed by atoms with Crippen LogP contribution in [0.4, 0.5) is 5.13 Å². The van der Waals surface area contributed by atoms with E-state index in [9.17, 15) is 4.79 Å². The van der Waals surface area contributed by atoms with Gasteiger partial charge in [0, 0.05) is 17.2 Å². The van der Waals surface area contributed by atoms with E-state index in [0.717, 1.165) is 16.1 Å². The van der Waals surface area contributed by atoms with Crippen LogP contribution in [0.5, 0.6) is 11.5 Å². The standard InChI is InChI=1S/C18H17N3O3S/c1-11-5-4-6-12(7-11)17-20-21-18(25-17)19-16(22)13-8-14(23-2)10-15(9-13)24-3/h4-10H,1-3H3,(H,19,21,22). The van der Waals surface area contributed by atoms with E-state index in [1.54, 1.807) is 18.2 Å². The molecule has 1 N–H and O–H groups in total. The number of carbonyl (C=O) groups excluding carboxylic acids is 1. The molecule has 3 rings (SSSR count). The highest BCUT2D eigenvalue weighted by atomic mass is 32.1. The van der Waals surface area contributed by atoms with Crippen LogP contribution in [0.1, 0.15) is 15.9 Å². The number of hydrogen-bond donors (Lipinski definition) is 1. The maximum atomic E-state index is 12.5. The Labute approximate surface area is 149 Å². The summed E-state index contributed by atoms with van der Waals surface area (Å²) in [6, 6.07) is 13.0. The number of nitrogens with zero attached hydrogens (tertiary/aromatic N) is 2. The lowest BCUT2D eigenvalue weighted by molar-refractivity contribution is 0.102. The third-order valence-electron chi connectivity index (χ3n) is 3.52. The normalized spacial score (nSPS) is 10.4. The summed E-state index contributed by atoms with van der Waals surface area (Å²) in [5.41, 5.74) is 2.53. The van der Waals surface area contributed by atoms with Crippen LogP contribution >= 0.6 is 11.3 Å². The van der Waals surface area contributed by atoms with E-state index in [1.165, 1.54) is 25.6 Å². The fourth-order valence-electron chi connectivity index (χ4n) is 2.28. The second kappa shape index (κ2) is 7.31. The van der Waals surface area contributed by atoms with Crippen molar-refractivity contribution in [2.45, 2.75) is 6.92 Å². The highest BCUT2D eigenvalue weighted by Gasteiger charge is 2.13. The lowest BCUT2D eigenvalue weighted by Gasteiger charge is -2.07. The summed E-state index contributed by atoms with van der Waals surface area (Å²) >= 11 is 1.32. The monoisotopic (exact) mass is 355 g/mol. The third kappa shape index (κ3) is 3.95.